The van der Waals surface area contributed by atoms with Crippen LogP contribution in [0.4, 0.5) is 0 Å². The molecular weight excluding hydrogens is 304 g/mol. The van der Waals surface area contributed by atoms with E-state index in [1.165, 1.54) is 5.56 Å². The average Bonchev–Trinajstić information content (AvgIpc) is 2.55. The maximum absolute atomic E-state index is 6.09. The van der Waals surface area contributed by atoms with Crippen LogP contribution in [0.3, 0.4) is 0 Å². The first kappa shape index (κ1) is 18.2. The molecule has 1 aliphatic heterocycles. The number of hydrogen-bond acceptors (Lipinski definition) is 7. The second-order valence-corrected chi connectivity index (χ2v) is 6.36. The Morgan fingerprint density at radius 3 is 2.21 bits per heavy atom. The fourth-order valence-corrected chi connectivity index (χ4v) is 2.25. The van der Waals surface area contributed by atoms with Crippen molar-refractivity contribution in [1.82, 2.24) is 20.0 Å². The van der Waals surface area contributed by atoms with Crippen molar-refractivity contribution in [1.29, 1.82) is 0 Å². The van der Waals surface area contributed by atoms with Crippen molar-refractivity contribution in [3.8, 4) is 0 Å². The summed E-state index contributed by atoms with van der Waals surface area (Å²) in [6.45, 7) is 0.729. The molecule has 1 aromatic carbocycles. The zero-order chi connectivity index (χ0) is 17.7. The molecule has 0 saturated carbocycles. The topological polar surface area (TPSA) is 55.7 Å². The monoisotopic (exact) mass is 332 g/mol. The lowest BCUT2D eigenvalue weighted by Gasteiger charge is -2.40. The molecule has 1 heterocycles. The van der Waals surface area contributed by atoms with Gasteiger partial charge in [-0.05, 0) is 26.1 Å². The van der Waals surface area contributed by atoms with E-state index in [1.54, 1.807) is 0 Å². The van der Waals surface area contributed by atoms with Gasteiger partial charge in [0.2, 0.25) is 5.96 Å². The van der Waals surface area contributed by atoms with Crippen LogP contribution in [-0.4, -0.2) is 81.5 Å². The summed E-state index contributed by atoms with van der Waals surface area (Å²) in [6.07, 6.45) is 0.890. The highest BCUT2D eigenvalue weighted by atomic mass is 16.6. The molecule has 7 heteroatoms. The zero-order valence-corrected chi connectivity index (χ0v) is 15.4. The van der Waals surface area contributed by atoms with Gasteiger partial charge in [0.05, 0.1) is 0 Å². The van der Waals surface area contributed by atoms with Gasteiger partial charge in [-0.3, -0.25) is 0 Å². The van der Waals surface area contributed by atoms with E-state index in [9.17, 15) is 0 Å². The molecule has 0 bridgehead atoms. The summed E-state index contributed by atoms with van der Waals surface area (Å²) in [5.41, 5.74) is 1.27. The first-order chi connectivity index (χ1) is 11.3. The van der Waals surface area contributed by atoms with E-state index in [0.29, 0.717) is 12.0 Å². The summed E-state index contributed by atoms with van der Waals surface area (Å²) < 4.78 is 6.09. The number of guanidine groups is 1. The number of aliphatic imine (C=N–C) groups is 2. The lowest BCUT2D eigenvalue weighted by atomic mass is 10.1. The Morgan fingerprint density at radius 2 is 1.67 bits per heavy atom. The molecule has 7 nitrogen and oxygen atoms in total. The molecule has 1 aliphatic rings. The SMILES string of the molecule is CN(C)C1=N[C@@](NCCc2ccccc2)(N(C)C)OC(N(C)C)=N1. The Morgan fingerprint density at radius 1 is 1.00 bits per heavy atom. The summed E-state index contributed by atoms with van der Waals surface area (Å²) in [5, 5.41) is 3.43. The molecule has 24 heavy (non-hydrogen) atoms. The Balaban J connectivity index is 2.18. The van der Waals surface area contributed by atoms with Gasteiger partial charge in [0.15, 0.2) is 0 Å². The first-order valence-electron chi connectivity index (χ1n) is 8.02. The number of rotatable bonds is 5. The van der Waals surface area contributed by atoms with Gasteiger partial charge in [0.25, 0.3) is 6.02 Å². The van der Waals surface area contributed by atoms with E-state index in [4.69, 9.17) is 9.73 Å². The molecular formula is C17H28N6O. The molecule has 0 saturated heterocycles. The van der Waals surface area contributed by atoms with Crippen LogP contribution in [0.5, 0.6) is 0 Å². The highest BCUT2D eigenvalue weighted by Crippen LogP contribution is 2.19. The zero-order valence-electron chi connectivity index (χ0n) is 15.4. The van der Waals surface area contributed by atoms with E-state index >= 15 is 0 Å². The van der Waals surface area contributed by atoms with Gasteiger partial charge in [0, 0.05) is 34.7 Å². The molecule has 0 fully saturated rings. The fraction of sp³-hybridized carbons (Fsp3) is 0.529. The van der Waals surface area contributed by atoms with E-state index in [0.717, 1.165) is 13.0 Å². The average molecular weight is 332 g/mol. The van der Waals surface area contributed by atoms with E-state index in [1.807, 2.05) is 75.2 Å². The third kappa shape index (κ3) is 4.24. The third-order valence-electron chi connectivity index (χ3n) is 3.68. The van der Waals surface area contributed by atoms with Crippen LogP contribution in [0.25, 0.3) is 0 Å². The van der Waals surface area contributed by atoms with Crippen molar-refractivity contribution in [2.45, 2.75) is 12.4 Å². The Kier molecular flexibility index (Phi) is 5.80. The molecule has 2 rings (SSSR count). The molecule has 0 aromatic heterocycles. The molecule has 0 amide bonds. The molecule has 1 aromatic rings. The number of nitrogens with one attached hydrogen (secondary N) is 1. The summed E-state index contributed by atoms with van der Waals surface area (Å²) >= 11 is 0. The van der Waals surface area contributed by atoms with Crippen LogP contribution in [0.2, 0.25) is 0 Å². The van der Waals surface area contributed by atoms with Gasteiger partial charge in [-0.15, -0.1) is 0 Å². The highest BCUT2D eigenvalue weighted by Gasteiger charge is 2.40. The number of benzene rings is 1. The lowest BCUT2D eigenvalue weighted by molar-refractivity contribution is -0.100. The first-order valence-corrected chi connectivity index (χ1v) is 8.02. The van der Waals surface area contributed by atoms with E-state index in [2.05, 4.69) is 22.4 Å². The lowest BCUT2D eigenvalue weighted by Crippen LogP contribution is -2.61. The van der Waals surface area contributed by atoms with Crippen LogP contribution < -0.4 is 5.32 Å². The highest BCUT2D eigenvalue weighted by molar-refractivity contribution is 5.93. The molecule has 0 unspecified atom stereocenters. The minimum absolute atomic E-state index is 0.523. The summed E-state index contributed by atoms with van der Waals surface area (Å²) in [5.74, 6) is -0.360. The predicted molar refractivity (Wildman–Crippen MR) is 97.9 cm³/mol. The minimum atomic E-state index is -0.976. The Bertz CT molecular complexity index is 596. The maximum atomic E-state index is 6.09. The van der Waals surface area contributed by atoms with Crippen molar-refractivity contribution in [2.24, 2.45) is 9.98 Å². The van der Waals surface area contributed by atoms with Crippen LogP contribution >= 0.6 is 0 Å². The minimum Gasteiger partial charge on any atom is -0.408 e. The molecule has 1 N–H and O–H groups in total. The number of hydrogen-bond donors (Lipinski definition) is 1. The molecule has 1 atom stereocenters. The van der Waals surface area contributed by atoms with Crippen LogP contribution in [0, 0.1) is 0 Å². The smallest absolute Gasteiger partial charge is 0.329 e. The quantitative estimate of drug-likeness (QED) is 0.811. The van der Waals surface area contributed by atoms with Gasteiger partial charge >= 0.3 is 5.97 Å². The van der Waals surface area contributed by atoms with Crippen molar-refractivity contribution < 1.29 is 4.74 Å². The van der Waals surface area contributed by atoms with E-state index in [-0.39, 0.29) is 0 Å². The maximum Gasteiger partial charge on any atom is 0.329 e. The predicted octanol–water partition coefficient (Wildman–Crippen LogP) is 0.857. The van der Waals surface area contributed by atoms with Gasteiger partial charge in [-0.1, -0.05) is 30.3 Å². The molecule has 0 aliphatic carbocycles. The van der Waals surface area contributed by atoms with Crippen LogP contribution in [-0.2, 0) is 11.2 Å². The molecule has 0 radical (unpaired) electrons. The molecule has 0 spiro atoms. The van der Waals surface area contributed by atoms with Gasteiger partial charge < -0.3 is 14.5 Å². The Labute approximate surface area is 144 Å². The second kappa shape index (κ2) is 7.63. The van der Waals surface area contributed by atoms with Crippen LogP contribution in [0.1, 0.15) is 5.56 Å². The second-order valence-electron chi connectivity index (χ2n) is 6.36. The summed E-state index contributed by atoms with van der Waals surface area (Å²) in [6, 6.07) is 10.9. The van der Waals surface area contributed by atoms with Gasteiger partial charge in [-0.25, -0.2) is 10.2 Å². The molecule has 132 valence electrons. The number of nitrogens with zero attached hydrogens (tertiary/aromatic N) is 5. The van der Waals surface area contributed by atoms with E-state index < -0.39 is 5.97 Å². The fourth-order valence-electron chi connectivity index (χ4n) is 2.25. The van der Waals surface area contributed by atoms with Crippen molar-refractivity contribution in [2.75, 3.05) is 48.8 Å². The third-order valence-corrected chi connectivity index (χ3v) is 3.68. The van der Waals surface area contributed by atoms with Crippen LogP contribution in [0.15, 0.2) is 40.3 Å². The Hall–Kier alpha value is -2.12. The van der Waals surface area contributed by atoms with Gasteiger partial charge in [0.1, 0.15) is 0 Å². The number of amidine groups is 1. The largest absolute Gasteiger partial charge is 0.408 e. The normalized spacial score (nSPS) is 20.3. The number of ether oxygens (including phenoxy) is 1. The van der Waals surface area contributed by atoms with Crippen molar-refractivity contribution in [3.63, 3.8) is 0 Å². The standard InChI is InChI=1S/C17H28N6O/c1-21(2)15-19-16(22(3)4)24-17(20-15,23(5)6)18-13-12-14-10-8-7-9-11-14/h7-11,18H,12-13H2,1-6H3/t17-/m0/s1. The summed E-state index contributed by atoms with van der Waals surface area (Å²) in [4.78, 5) is 14.8. The van der Waals surface area contributed by atoms with Crippen molar-refractivity contribution >= 4 is 12.0 Å². The van der Waals surface area contributed by atoms with Crippen molar-refractivity contribution in [3.05, 3.63) is 35.9 Å². The van der Waals surface area contributed by atoms with Gasteiger partial charge in [-0.2, -0.15) is 9.98 Å². The summed E-state index contributed by atoms with van der Waals surface area (Å²) in [7, 11) is 11.5.